The van der Waals surface area contributed by atoms with Gasteiger partial charge < -0.3 is 24.1 Å². The summed E-state index contributed by atoms with van der Waals surface area (Å²) in [7, 11) is 0. The van der Waals surface area contributed by atoms with Crippen LogP contribution in [0, 0.1) is 0 Å². The summed E-state index contributed by atoms with van der Waals surface area (Å²) in [4.78, 5) is 13.2. The molecular formula is C17H22N4O3. The number of aromatic nitrogens is 2. The first-order valence-corrected chi connectivity index (χ1v) is 8.44. The van der Waals surface area contributed by atoms with Gasteiger partial charge in [0.25, 0.3) is 0 Å². The van der Waals surface area contributed by atoms with Crippen LogP contribution in [-0.4, -0.2) is 54.0 Å². The first-order chi connectivity index (χ1) is 11.8. The zero-order valence-electron chi connectivity index (χ0n) is 13.5. The molecule has 7 nitrogen and oxygen atoms in total. The monoisotopic (exact) mass is 330 g/mol. The number of ether oxygens (including phenoxy) is 1. The fourth-order valence-electron chi connectivity index (χ4n) is 3.50. The Kier molecular flexibility index (Phi) is 4.36. The van der Waals surface area contributed by atoms with Gasteiger partial charge in [-0.05, 0) is 25.0 Å². The molecule has 4 rings (SSSR count). The van der Waals surface area contributed by atoms with Gasteiger partial charge in [0.15, 0.2) is 0 Å². The van der Waals surface area contributed by atoms with Crippen molar-refractivity contribution < 1.29 is 14.3 Å². The lowest BCUT2D eigenvalue weighted by Crippen LogP contribution is -2.39. The molecule has 0 saturated carbocycles. The third kappa shape index (κ3) is 2.97. The molecule has 2 saturated heterocycles. The number of morpholine rings is 1. The molecule has 1 N–H and O–H groups in total. The molecule has 128 valence electrons. The predicted octanol–water partition coefficient (Wildman–Crippen LogP) is 1.61. The number of aliphatic hydroxyl groups is 1. The molecule has 2 fully saturated rings. The van der Waals surface area contributed by atoms with E-state index in [1.807, 2.05) is 18.2 Å². The van der Waals surface area contributed by atoms with Crippen molar-refractivity contribution in [2.24, 2.45) is 0 Å². The molecule has 0 bridgehead atoms. The second kappa shape index (κ2) is 6.78. The van der Waals surface area contributed by atoms with Crippen molar-refractivity contribution >= 4 is 11.6 Å². The smallest absolute Gasteiger partial charge is 0.134 e. The molecule has 0 aromatic carbocycles. The van der Waals surface area contributed by atoms with E-state index in [0.29, 0.717) is 13.2 Å². The molecule has 0 spiro atoms. The number of aliphatic hydroxyl groups excluding tert-OH is 1. The number of hydrogen-bond donors (Lipinski definition) is 1. The maximum atomic E-state index is 9.53. The van der Waals surface area contributed by atoms with Crippen LogP contribution in [0.5, 0.6) is 0 Å². The van der Waals surface area contributed by atoms with Crippen LogP contribution in [0.4, 0.5) is 11.6 Å². The normalized spacial score (nSPS) is 24.5. The summed E-state index contributed by atoms with van der Waals surface area (Å²) in [5, 5.41) is 9.53. The third-order valence-electron chi connectivity index (χ3n) is 4.77. The second-order valence-electron chi connectivity index (χ2n) is 6.23. The third-order valence-corrected chi connectivity index (χ3v) is 4.77. The van der Waals surface area contributed by atoms with Crippen LogP contribution in [0.25, 0.3) is 0 Å². The SMILES string of the molecule is OCC1CCCN1c1cc(N2CCOC(c3ccco3)C2)ncn1. The molecule has 7 heteroatoms. The van der Waals surface area contributed by atoms with Crippen LogP contribution in [0.1, 0.15) is 24.7 Å². The molecule has 2 atom stereocenters. The summed E-state index contributed by atoms with van der Waals surface area (Å²) in [6.07, 6.45) is 5.29. The summed E-state index contributed by atoms with van der Waals surface area (Å²) >= 11 is 0. The van der Waals surface area contributed by atoms with Crippen molar-refractivity contribution in [1.29, 1.82) is 0 Å². The summed E-state index contributed by atoms with van der Waals surface area (Å²) in [6.45, 7) is 3.22. The van der Waals surface area contributed by atoms with Crippen molar-refractivity contribution in [3.8, 4) is 0 Å². The molecule has 0 aliphatic carbocycles. The van der Waals surface area contributed by atoms with E-state index in [1.54, 1.807) is 12.6 Å². The van der Waals surface area contributed by atoms with Gasteiger partial charge >= 0.3 is 0 Å². The van der Waals surface area contributed by atoms with E-state index in [1.165, 1.54) is 0 Å². The molecule has 2 aromatic rings. The van der Waals surface area contributed by atoms with E-state index in [-0.39, 0.29) is 18.8 Å². The van der Waals surface area contributed by atoms with Gasteiger partial charge in [-0.1, -0.05) is 0 Å². The van der Waals surface area contributed by atoms with Gasteiger partial charge in [-0.25, -0.2) is 9.97 Å². The van der Waals surface area contributed by atoms with Crippen LogP contribution < -0.4 is 9.80 Å². The van der Waals surface area contributed by atoms with Crippen molar-refractivity contribution in [2.75, 3.05) is 42.6 Å². The lowest BCUT2D eigenvalue weighted by molar-refractivity contribution is 0.0255. The number of nitrogens with zero attached hydrogens (tertiary/aromatic N) is 4. The van der Waals surface area contributed by atoms with E-state index < -0.39 is 0 Å². The fraction of sp³-hybridized carbons (Fsp3) is 0.529. The maximum absolute atomic E-state index is 9.53. The summed E-state index contributed by atoms with van der Waals surface area (Å²) in [5.74, 6) is 2.62. The minimum absolute atomic E-state index is 0.0795. The van der Waals surface area contributed by atoms with Gasteiger partial charge in [-0.2, -0.15) is 0 Å². The standard InChI is InChI=1S/C17H22N4O3/c22-11-13-3-1-5-21(13)17-9-16(18-12-19-17)20-6-8-24-15(10-20)14-4-2-7-23-14/h2,4,7,9,12-13,15,22H,1,3,5-6,8,10-11H2. The predicted molar refractivity (Wildman–Crippen MR) is 89.1 cm³/mol. The van der Waals surface area contributed by atoms with Gasteiger partial charge in [0.05, 0.1) is 32.1 Å². The highest BCUT2D eigenvalue weighted by Gasteiger charge is 2.28. The molecular weight excluding hydrogens is 308 g/mol. The first-order valence-electron chi connectivity index (χ1n) is 8.44. The summed E-state index contributed by atoms with van der Waals surface area (Å²) in [5.41, 5.74) is 0. The Morgan fingerprint density at radius 1 is 1.25 bits per heavy atom. The zero-order chi connectivity index (χ0) is 16.4. The highest BCUT2D eigenvalue weighted by atomic mass is 16.5. The van der Waals surface area contributed by atoms with E-state index >= 15 is 0 Å². The van der Waals surface area contributed by atoms with Crippen LogP contribution in [-0.2, 0) is 4.74 Å². The average molecular weight is 330 g/mol. The van der Waals surface area contributed by atoms with Crippen LogP contribution in [0.15, 0.2) is 35.2 Å². The number of rotatable bonds is 4. The van der Waals surface area contributed by atoms with E-state index in [9.17, 15) is 5.11 Å². The largest absolute Gasteiger partial charge is 0.467 e. The van der Waals surface area contributed by atoms with E-state index in [0.717, 1.165) is 43.3 Å². The van der Waals surface area contributed by atoms with Crippen LogP contribution in [0.3, 0.4) is 0 Å². The van der Waals surface area contributed by atoms with Crippen LogP contribution >= 0.6 is 0 Å². The number of hydrogen-bond acceptors (Lipinski definition) is 7. The minimum atomic E-state index is -0.0795. The van der Waals surface area contributed by atoms with E-state index in [4.69, 9.17) is 9.15 Å². The Balaban J connectivity index is 1.52. The Hall–Kier alpha value is -2.12. The second-order valence-corrected chi connectivity index (χ2v) is 6.23. The van der Waals surface area contributed by atoms with Gasteiger partial charge in [-0.15, -0.1) is 0 Å². The first kappa shape index (κ1) is 15.4. The fourth-order valence-corrected chi connectivity index (χ4v) is 3.50. The highest BCUT2D eigenvalue weighted by Crippen LogP contribution is 2.29. The highest BCUT2D eigenvalue weighted by molar-refractivity contribution is 5.51. The molecule has 2 aliphatic rings. The van der Waals surface area contributed by atoms with Gasteiger partial charge in [0.2, 0.25) is 0 Å². The van der Waals surface area contributed by atoms with Gasteiger partial charge in [-0.3, -0.25) is 0 Å². The molecule has 0 amide bonds. The summed E-state index contributed by atoms with van der Waals surface area (Å²) in [6, 6.07) is 5.99. The molecule has 24 heavy (non-hydrogen) atoms. The van der Waals surface area contributed by atoms with Crippen molar-refractivity contribution in [3.63, 3.8) is 0 Å². The lowest BCUT2D eigenvalue weighted by atomic mass is 10.2. The Labute approximate surface area is 140 Å². The van der Waals surface area contributed by atoms with Crippen molar-refractivity contribution in [3.05, 3.63) is 36.5 Å². The molecule has 0 radical (unpaired) electrons. The number of anilines is 2. The quantitative estimate of drug-likeness (QED) is 0.913. The van der Waals surface area contributed by atoms with Crippen LogP contribution in [0.2, 0.25) is 0 Å². The molecule has 4 heterocycles. The van der Waals surface area contributed by atoms with Crippen molar-refractivity contribution in [2.45, 2.75) is 25.0 Å². The van der Waals surface area contributed by atoms with E-state index in [2.05, 4.69) is 19.8 Å². The summed E-state index contributed by atoms with van der Waals surface area (Å²) < 4.78 is 11.3. The number of furan rings is 1. The molecule has 2 unspecified atom stereocenters. The average Bonchev–Trinajstić information content (AvgIpc) is 3.33. The Bertz CT molecular complexity index is 664. The lowest BCUT2D eigenvalue weighted by Gasteiger charge is -2.33. The Morgan fingerprint density at radius 3 is 3.00 bits per heavy atom. The van der Waals surface area contributed by atoms with Crippen molar-refractivity contribution in [1.82, 2.24) is 9.97 Å². The molecule has 2 aliphatic heterocycles. The Morgan fingerprint density at radius 2 is 2.17 bits per heavy atom. The van der Waals surface area contributed by atoms with Gasteiger partial charge in [0.1, 0.15) is 29.8 Å². The minimum Gasteiger partial charge on any atom is -0.467 e. The maximum Gasteiger partial charge on any atom is 0.134 e. The molecule has 2 aromatic heterocycles. The zero-order valence-corrected chi connectivity index (χ0v) is 13.5. The van der Waals surface area contributed by atoms with Gasteiger partial charge in [0, 0.05) is 19.2 Å². The topological polar surface area (TPSA) is 74.9 Å².